The minimum absolute atomic E-state index is 0.104. The third-order valence-corrected chi connectivity index (χ3v) is 4.51. The lowest BCUT2D eigenvalue weighted by molar-refractivity contribution is 0.0953. The van der Waals surface area contributed by atoms with Gasteiger partial charge in [0, 0.05) is 29.5 Å². The van der Waals surface area contributed by atoms with Crippen LogP contribution in [-0.4, -0.2) is 24.5 Å². The van der Waals surface area contributed by atoms with Crippen LogP contribution in [0, 0.1) is 0 Å². The van der Waals surface area contributed by atoms with Crippen molar-refractivity contribution in [3.8, 4) is 16.3 Å². The molecule has 0 saturated heterocycles. The van der Waals surface area contributed by atoms with Gasteiger partial charge in [-0.3, -0.25) is 4.79 Å². The molecule has 0 unspecified atom stereocenters. The zero-order valence-corrected chi connectivity index (χ0v) is 14.2. The van der Waals surface area contributed by atoms with E-state index in [1.807, 2.05) is 41.8 Å². The Morgan fingerprint density at radius 2 is 2.00 bits per heavy atom. The second-order valence-corrected chi connectivity index (χ2v) is 6.11. The minimum atomic E-state index is -0.104. The van der Waals surface area contributed by atoms with E-state index in [9.17, 15) is 4.79 Å². The molecule has 0 aliphatic rings. The van der Waals surface area contributed by atoms with E-state index in [2.05, 4.69) is 10.3 Å². The monoisotopic (exact) mass is 338 g/mol. The van der Waals surface area contributed by atoms with Crippen LogP contribution in [0.5, 0.6) is 5.75 Å². The van der Waals surface area contributed by atoms with Crippen molar-refractivity contribution in [3.63, 3.8) is 0 Å². The van der Waals surface area contributed by atoms with E-state index in [4.69, 9.17) is 4.74 Å². The van der Waals surface area contributed by atoms with Crippen LogP contribution in [0.25, 0.3) is 10.6 Å². The maximum atomic E-state index is 12.1. The first-order chi connectivity index (χ1) is 11.8. The molecule has 0 spiro atoms. The Labute approximate surface area is 145 Å². The Bertz CT molecular complexity index is 815. The fourth-order valence-corrected chi connectivity index (χ4v) is 3.17. The van der Waals surface area contributed by atoms with Crippen molar-refractivity contribution in [3.05, 3.63) is 71.2 Å². The summed E-state index contributed by atoms with van der Waals surface area (Å²) in [5, 5.41) is 5.96. The molecule has 1 N–H and O–H groups in total. The molecular weight excluding hydrogens is 320 g/mol. The second-order valence-electron chi connectivity index (χ2n) is 5.25. The number of aromatic nitrogens is 1. The van der Waals surface area contributed by atoms with E-state index in [1.54, 1.807) is 36.6 Å². The van der Waals surface area contributed by atoms with E-state index in [1.165, 1.54) is 0 Å². The second kappa shape index (κ2) is 7.75. The van der Waals surface area contributed by atoms with Crippen LogP contribution in [0.4, 0.5) is 0 Å². The van der Waals surface area contributed by atoms with Crippen molar-refractivity contribution in [2.24, 2.45) is 0 Å². The number of benzene rings is 2. The number of carbonyl (C=O) groups excluding carboxylic acids is 1. The molecular formula is C19H18N2O2S. The normalized spacial score (nSPS) is 10.4. The number of carbonyl (C=O) groups is 1. The van der Waals surface area contributed by atoms with E-state index < -0.39 is 0 Å². The molecule has 0 atom stereocenters. The van der Waals surface area contributed by atoms with Gasteiger partial charge in [0.1, 0.15) is 10.8 Å². The van der Waals surface area contributed by atoms with Gasteiger partial charge in [-0.2, -0.15) is 0 Å². The van der Waals surface area contributed by atoms with Gasteiger partial charge in [0.05, 0.1) is 12.8 Å². The maximum absolute atomic E-state index is 12.1. The largest absolute Gasteiger partial charge is 0.497 e. The average molecular weight is 338 g/mol. The minimum Gasteiger partial charge on any atom is -0.497 e. The molecule has 0 saturated carbocycles. The van der Waals surface area contributed by atoms with Crippen LogP contribution in [0.15, 0.2) is 60.0 Å². The van der Waals surface area contributed by atoms with Crippen molar-refractivity contribution in [1.29, 1.82) is 0 Å². The predicted octanol–water partition coefficient (Wildman–Crippen LogP) is 3.79. The summed E-state index contributed by atoms with van der Waals surface area (Å²) in [4.78, 5) is 16.8. The molecule has 24 heavy (non-hydrogen) atoms. The Hall–Kier alpha value is -2.66. The lowest BCUT2D eigenvalue weighted by atomic mass is 10.2. The Kier molecular flexibility index (Phi) is 5.23. The fraction of sp³-hybridized carbons (Fsp3) is 0.158. The molecule has 1 aromatic heterocycles. The van der Waals surface area contributed by atoms with Crippen molar-refractivity contribution in [1.82, 2.24) is 10.3 Å². The number of nitrogens with zero attached hydrogens (tertiary/aromatic N) is 1. The van der Waals surface area contributed by atoms with E-state index in [0.717, 1.165) is 16.3 Å². The van der Waals surface area contributed by atoms with Gasteiger partial charge in [-0.25, -0.2) is 4.98 Å². The number of hydrogen-bond acceptors (Lipinski definition) is 4. The van der Waals surface area contributed by atoms with Crippen LogP contribution < -0.4 is 10.1 Å². The van der Waals surface area contributed by atoms with Crippen LogP contribution >= 0.6 is 11.3 Å². The molecule has 0 fully saturated rings. The Morgan fingerprint density at radius 3 is 2.79 bits per heavy atom. The lowest BCUT2D eigenvalue weighted by Crippen LogP contribution is -2.25. The van der Waals surface area contributed by atoms with Crippen LogP contribution in [0.1, 0.15) is 16.1 Å². The third-order valence-electron chi connectivity index (χ3n) is 3.57. The summed E-state index contributed by atoms with van der Waals surface area (Å²) in [6.07, 6.45) is 0.707. The molecule has 3 rings (SSSR count). The van der Waals surface area contributed by atoms with Gasteiger partial charge in [0.15, 0.2) is 0 Å². The molecule has 1 amide bonds. The Balaban J connectivity index is 1.55. The summed E-state index contributed by atoms with van der Waals surface area (Å²) in [6, 6.07) is 17.2. The lowest BCUT2D eigenvalue weighted by Gasteiger charge is -2.05. The van der Waals surface area contributed by atoms with Crippen molar-refractivity contribution in [2.75, 3.05) is 13.7 Å². The number of ether oxygens (including phenoxy) is 1. The summed E-state index contributed by atoms with van der Waals surface area (Å²) in [5.74, 6) is 0.571. The molecule has 3 aromatic rings. The summed E-state index contributed by atoms with van der Waals surface area (Å²) in [7, 11) is 1.59. The topological polar surface area (TPSA) is 51.2 Å². The summed E-state index contributed by atoms with van der Waals surface area (Å²) >= 11 is 1.62. The first kappa shape index (κ1) is 16.2. The van der Waals surface area contributed by atoms with Gasteiger partial charge in [0.25, 0.3) is 5.91 Å². The predicted molar refractivity (Wildman–Crippen MR) is 96.6 cm³/mol. The van der Waals surface area contributed by atoms with Gasteiger partial charge in [-0.15, -0.1) is 11.3 Å². The number of amides is 1. The van der Waals surface area contributed by atoms with Crippen molar-refractivity contribution < 1.29 is 9.53 Å². The molecule has 0 aliphatic carbocycles. The van der Waals surface area contributed by atoms with Crippen molar-refractivity contribution in [2.45, 2.75) is 6.42 Å². The average Bonchev–Trinajstić information content (AvgIpc) is 3.11. The first-order valence-electron chi connectivity index (χ1n) is 7.68. The first-order valence-corrected chi connectivity index (χ1v) is 8.56. The van der Waals surface area contributed by atoms with Crippen LogP contribution in [0.3, 0.4) is 0 Å². The standard InChI is InChI=1S/C19H18N2O2S/c1-23-17-9-5-8-15(12-17)18(22)20-11-10-16-13-24-19(21-16)14-6-3-2-4-7-14/h2-9,12-13H,10-11H2,1H3,(H,20,22). The zero-order valence-electron chi connectivity index (χ0n) is 13.4. The number of nitrogens with one attached hydrogen (secondary N) is 1. The fourth-order valence-electron chi connectivity index (χ4n) is 2.31. The van der Waals surface area contributed by atoms with Gasteiger partial charge < -0.3 is 10.1 Å². The molecule has 5 heteroatoms. The van der Waals surface area contributed by atoms with Crippen molar-refractivity contribution >= 4 is 17.2 Å². The van der Waals surface area contributed by atoms with E-state index in [-0.39, 0.29) is 5.91 Å². The molecule has 122 valence electrons. The summed E-state index contributed by atoms with van der Waals surface area (Å²) in [6.45, 7) is 0.550. The number of hydrogen-bond donors (Lipinski definition) is 1. The maximum Gasteiger partial charge on any atom is 0.251 e. The van der Waals surface area contributed by atoms with Gasteiger partial charge >= 0.3 is 0 Å². The molecule has 2 aromatic carbocycles. The van der Waals surface area contributed by atoms with Gasteiger partial charge in [-0.05, 0) is 18.2 Å². The Morgan fingerprint density at radius 1 is 1.17 bits per heavy atom. The summed E-state index contributed by atoms with van der Waals surface area (Å²) in [5.41, 5.74) is 2.71. The van der Waals surface area contributed by atoms with Crippen LogP contribution in [0.2, 0.25) is 0 Å². The van der Waals surface area contributed by atoms with E-state index >= 15 is 0 Å². The number of thiazole rings is 1. The number of rotatable bonds is 6. The quantitative estimate of drug-likeness (QED) is 0.744. The molecule has 0 aliphatic heterocycles. The SMILES string of the molecule is COc1cccc(C(=O)NCCc2csc(-c3ccccc3)n2)c1. The highest BCUT2D eigenvalue weighted by Crippen LogP contribution is 2.23. The van der Waals surface area contributed by atoms with Gasteiger partial charge in [-0.1, -0.05) is 36.4 Å². The number of methoxy groups -OCH3 is 1. The third kappa shape index (κ3) is 4.00. The molecule has 0 bridgehead atoms. The highest BCUT2D eigenvalue weighted by atomic mass is 32.1. The molecule has 0 radical (unpaired) electrons. The molecule has 1 heterocycles. The highest BCUT2D eigenvalue weighted by Gasteiger charge is 2.08. The highest BCUT2D eigenvalue weighted by molar-refractivity contribution is 7.13. The van der Waals surface area contributed by atoms with Crippen LogP contribution in [-0.2, 0) is 6.42 Å². The smallest absolute Gasteiger partial charge is 0.251 e. The van der Waals surface area contributed by atoms with E-state index in [0.29, 0.717) is 24.3 Å². The molecule has 4 nitrogen and oxygen atoms in total. The summed E-state index contributed by atoms with van der Waals surface area (Å²) < 4.78 is 5.13. The van der Waals surface area contributed by atoms with Gasteiger partial charge in [0.2, 0.25) is 0 Å². The zero-order chi connectivity index (χ0) is 16.8.